The van der Waals surface area contributed by atoms with Crippen LogP contribution in [-0.4, -0.2) is 35.8 Å². The molecule has 0 aromatic rings. The molecule has 4 heteroatoms. The van der Waals surface area contributed by atoms with Crippen molar-refractivity contribution in [3.05, 3.63) is 0 Å². The van der Waals surface area contributed by atoms with E-state index in [0.29, 0.717) is 5.75 Å². The van der Waals surface area contributed by atoms with E-state index in [0.717, 1.165) is 12.8 Å². The van der Waals surface area contributed by atoms with Crippen molar-refractivity contribution in [2.45, 2.75) is 88.7 Å². The molecule has 1 aliphatic rings. The van der Waals surface area contributed by atoms with Gasteiger partial charge in [-0.15, -0.1) is 0 Å². The molecule has 1 aliphatic heterocycles. The van der Waals surface area contributed by atoms with E-state index in [1.807, 2.05) is 0 Å². The SMILES string of the molecule is CCC[CH2][Sn]([CH2]CCC)([CH2]CCC)[CH]1CCCS1(=O)=O. The number of rotatable bonds is 10. The van der Waals surface area contributed by atoms with E-state index in [2.05, 4.69) is 20.8 Å². The molecule has 1 unspecified atom stereocenters. The van der Waals surface area contributed by atoms with Crippen molar-refractivity contribution in [3.8, 4) is 0 Å². The summed E-state index contributed by atoms with van der Waals surface area (Å²) < 4.78 is 29.3. The summed E-state index contributed by atoms with van der Waals surface area (Å²) in [5, 5.41) is 0. The van der Waals surface area contributed by atoms with Crippen molar-refractivity contribution in [3.63, 3.8) is 0 Å². The first-order valence-corrected chi connectivity index (χ1v) is 18.2. The van der Waals surface area contributed by atoms with E-state index in [1.54, 1.807) is 0 Å². The standard InChI is InChI=1S/C4H7O2S.3C4H9.Sn/c5-7(6)3-1-2-4-7;3*1-3-4-2;/h3H,1-2,4H2;3*1,3-4H2,2H3;. The van der Waals surface area contributed by atoms with Crippen LogP contribution in [-0.2, 0) is 9.84 Å². The van der Waals surface area contributed by atoms with Crippen LogP contribution in [0.5, 0.6) is 0 Å². The molecule has 1 saturated heterocycles. The fraction of sp³-hybridized carbons (Fsp3) is 1.00. The molecule has 0 bridgehead atoms. The quantitative estimate of drug-likeness (QED) is 0.479. The van der Waals surface area contributed by atoms with Crippen LogP contribution in [0.25, 0.3) is 0 Å². The third-order valence-electron chi connectivity index (χ3n) is 5.10. The Morgan fingerprint density at radius 2 is 1.35 bits per heavy atom. The summed E-state index contributed by atoms with van der Waals surface area (Å²) >= 11 is -2.53. The molecule has 0 spiro atoms. The van der Waals surface area contributed by atoms with Gasteiger partial charge in [0.25, 0.3) is 0 Å². The van der Waals surface area contributed by atoms with Gasteiger partial charge in [0.2, 0.25) is 0 Å². The monoisotopic (exact) mass is 410 g/mol. The number of unbranched alkanes of at least 4 members (excludes halogenated alkanes) is 3. The first-order chi connectivity index (χ1) is 9.52. The molecule has 1 rings (SSSR count). The van der Waals surface area contributed by atoms with Crippen LogP contribution < -0.4 is 0 Å². The Balaban J connectivity index is 2.98. The first-order valence-electron chi connectivity index (χ1n) is 8.74. The molecular weight excluding hydrogens is 375 g/mol. The van der Waals surface area contributed by atoms with Gasteiger partial charge in [-0.3, -0.25) is 0 Å². The topological polar surface area (TPSA) is 34.1 Å². The Hall–Kier alpha value is 0.749. The van der Waals surface area contributed by atoms with Gasteiger partial charge >= 0.3 is 131 Å². The molecular formula is C16H34O2SSn. The van der Waals surface area contributed by atoms with Crippen LogP contribution in [0.1, 0.15) is 72.1 Å². The molecule has 1 heterocycles. The molecule has 0 amide bonds. The van der Waals surface area contributed by atoms with Crippen LogP contribution in [0.2, 0.25) is 13.3 Å². The van der Waals surface area contributed by atoms with Gasteiger partial charge in [0.15, 0.2) is 0 Å². The molecule has 0 aliphatic carbocycles. The minimum absolute atomic E-state index is 0.168. The van der Waals surface area contributed by atoms with Crippen molar-refractivity contribution in [1.29, 1.82) is 0 Å². The molecule has 1 fully saturated rings. The third-order valence-corrected chi connectivity index (χ3v) is 29.8. The summed E-state index contributed by atoms with van der Waals surface area (Å²) in [6.07, 6.45) is 9.45. The summed E-state index contributed by atoms with van der Waals surface area (Å²) in [6, 6.07) is 0. The molecule has 0 aromatic carbocycles. The summed E-state index contributed by atoms with van der Waals surface area (Å²) in [4.78, 5) is 0. The molecule has 1 atom stereocenters. The minimum atomic E-state index is -2.74. The van der Waals surface area contributed by atoms with E-state index >= 15 is 0 Å². The fourth-order valence-corrected chi connectivity index (χ4v) is 32.3. The zero-order chi connectivity index (χ0) is 15.1. The van der Waals surface area contributed by atoms with Gasteiger partial charge in [-0.05, 0) is 0 Å². The number of sulfone groups is 1. The zero-order valence-electron chi connectivity index (χ0n) is 13.8. The average Bonchev–Trinajstić information content (AvgIpc) is 2.79. The van der Waals surface area contributed by atoms with Gasteiger partial charge in [0.05, 0.1) is 0 Å². The molecule has 0 N–H and O–H groups in total. The van der Waals surface area contributed by atoms with Gasteiger partial charge in [0.1, 0.15) is 0 Å². The normalized spacial score (nSPS) is 22.2. The Bertz CT molecular complexity index is 343. The Kier molecular flexibility index (Phi) is 8.47. The van der Waals surface area contributed by atoms with Crippen molar-refractivity contribution in [1.82, 2.24) is 0 Å². The van der Waals surface area contributed by atoms with Crippen molar-refractivity contribution >= 4 is 28.2 Å². The number of hydrogen-bond acceptors (Lipinski definition) is 2. The molecule has 120 valence electrons. The molecule has 0 radical (unpaired) electrons. The van der Waals surface area contributed by atoms with Gasteiger partial charge in [-0.25, -0.2) is 0 Å². The van der Waals surface area contributed by atoms with Crippen molar-refractivity contribution in [2.24, 2.45) is 0 Å². The maximum absolute atomic E-state index is 12.6. The van der Waals surface area contributed by atoms with Crippen LogP contribution in [0.3, 0.4) is 0 Å². The average molecular weight is 409 g/mol. The van der Waals surface area contributed by atoms with E-state index in [1.165, 1.54) is 51.8 Å². The van der Waals surface area contributed by atoms with Gasteiger partial charge in [0, 0.05) is 0 Å². The van der Waals surface area contributed by atoms with Crippen LogP contribution >= 0.6 is 0 Å². The Morgan fingerprint density at radius 1 is 0.900 bits per heavy atom. The van der Waals surface area contributed by atoms with Crippen LogP contribution in [0.4, 0.5) is 0 Å². The molecule has 2 nitrogen and oxygen atoms in total. The van der Waals surface area contributed by atoms with E-state index in [9.17, 15) is 8.42 Å². The fourth-order valence-electron chi connectivity index (χ4n) is 3.92. The Morgan fingerprint density at radius 3 is 1.65 bits per heavy atom. The van der Waals surface area contributed by atoms with Crippen LogP contribution in [0, 0.1) is 0 Å². The second kappa shape index (κ2) is 9.02. The van der Waals surface area contributed by atoms with Crippen molar-refractivity contribution < 1.29 is 8.42 Å². The first kappa shape index (κ1) is 18.8. The summed E-state index contributed by atoms with van der Waals surface area (Å²) in [7, 11) is -2.74. The zero-order valence-corrected chi connectivity index (χ0v) is 17.5. The van der Waals surface area contributed by atoms with Gasteiger partial charge < -0.3 is 0 Å². The predicted octanol–water partition coefficient (Wildman–Crippen LogP) is 4.95. The third kappa shape index (κ3) is 4.89. The summed E-state index contributed by atoms with van der Waals surface area (Å²) in [6.45, 7) is 6.75. The van der Waals surface area contributed by atoms with Gasteiger partial charge in [-0.2, -0.15) is 0 Å². The van der Waals surface area contributed by atoms with Crippen molar-refractivity contribution in [2.75, 3.05) is 5.75 Å². The molecule has 0 saturated carbocycles. The van der Waals surface area contributed by atoms with Gasteiger partial charge in [-0.1, -0.05) is 0 Å². The van der Waals surface area contributed by atoms with E-state index < -0.39 is 28.2 Å². The summed E-state index contributed by atoms with van der Waals surface area (Å²) in [5.41, 5.74) is 0. The second-order valence-corrected chi connectivity index (χ2v) is 24.2. The molecule has 0 aromatic heterocycles. The molecule has 20 heavy (non-hydrogen) atoms. The van der Waals surface area contributed by atoms with E-state index in [-0.39, 0.29) is 3.27 Å². The Labute approximate surface area is 130 Å². The van der Waals surface area contributed by atoms with Crippen LogP contribution in [0.15, 0.2) is 0 Å². The number of hydrogen-bond donors (Lipinski definition) is 0. The second-order valence-electron chi connectivity index (χ2n) is 6.67. The van der Waals surface area contributed by atoms with E-state index in [4.69, 9.17) is 0 Å². The predicted molar refractivity (Wildman–Crippen MR) is 91.7 cm³/mol. The maximum atomic E-state index is 12.6. The summed E-state index contributed by atoms with van der Waals surface area (Å²) in [5.74, 6) is 0.487.